The lowest BCUT2D eigenvalue weighted by molar-refractivity contribution is 0.194. The van der Waals surface area contributed by atoms with Gasteiger partial charge in [-0.05, 0) is 36.2 Å². The van der Waals surface area contributed by atoms with Crippen LogP contribution in [0.1, 0.15) is 23.7 Å². The molecule has 4 nitrogen and oxygen atoms in total. The van der Waals surface area contributed by atoms with Crippen molar-refractivity contribution in [3.63, 3.8) is 0 Å². The molecule has 3 rings (SSSR count). The summed E-state index contributed by atoms with van der Waals surface area (Å²) in [4.78, 5) is 5.94. The molecule has 2 heterocycles. The van der Waals surface area contributed by atoms with Crippen molar-refractivity contribution < 1.29 is 9.50 Å². The molecule has 0 unspecified atom stereocenters. The Bertz CT molecular complexity index is 698. The SMILES string of the molecule is N#Cc1cc(N2C[C@@H](O)C[C@H]2c2cccc(F)c2)ccn1. The first-order valence-electron chi connectivity index (χ1n) is 6.73. The van der Waals surface area contributed by atoms with E-state index in [0.717, 1.165) is 11.3 Å². The third-order valence-corrected chi connectivity index (χ3v) is 3.70. The number of rotatable bonds is 2. The van der Waals surface area contributed by atoms with Gasteiger partial charge in [0.15, 0.2) is 0 Å². The Kier molecular flexibility index (Phi) is 3.55. The van der Waals surface area contributed by atoms with Crippen LogP contribution in [0, 0.1) is 17.1 Å². The van der Waals surface area contributed by atoms with E-state index in [1.54, 1.807) is 24.4 Å². The molecule has 2 aromatic rings. The van der Waals surface area contributed by atoms with Crippen LogP contribution in [0.25, 0.3) is 0 Å². The number of aliphatic hydroxyl groups is 1. The van der Waals surface area contributed by atoms with E-state index >= 15 is 0 Å². The van der Waals surface area contributed by atoms with Gasteiger partial charge in [0.1, 0.15) is 17.6 Å². The predicted molar refractivity (Wildman–Crippen MR) is 76.1 cm³/mol. The van der Waals surface area contributed by atoms with E-state index in [-0.39, 0.29) is 11.9 Å². The van der Waals surface area contributed by atoms with E-state index in [4.69, 9.17) is 5.26 Å². The van der Waals surface area contributed by atoms with Crippen LogP contribution in [-0.2, 0) is 0 Å². The molecular weight excluding hydrogens is 269 g/mol. The summed E-state index contributed by atoms with van der Waals surface area (Å²) in [5.74, 6) is -0.290. The number of halogens is 1. The molecule has 1 aliphatic heterocycles. The topological polar surface area (TPSA) is 60.2 Å². The number of anilines is 1. The minimum atomic E-state index is -0.475. The first-order chi connectivity index (χ1) is 10.2. The molecule has 5 heteroatoms. The minimum absolute atomic E-state index is 0.107. The van der Waals surface area contributed by atoms with E-state index in [9.17, 15) is 9.50 Å². The highest BCUT2D eigenvalue weighted by molar-refractivity contribution is 5.52. The van der Waals surface area contributed by atoms with E-state index in [0.29, 0.717) is 18.7 Å². The summed E-state index contributed by atoms with van der Waals surface area (Å²) in [5.41, 5.74) is 1.96. The van der Waals surface area contributed by atoms with Crippen LogP contribution in [0.4, 0.5) is 10.1 Å². The molecule has 0 bridgehead atoms. The van der Waals surface area contributed by atoms with Crippen molar-refractivity contribution in [2.75, 3.05) is 11.4 Å². The van der Waals surface area contributed by atoms with Crippen LogP contribution in [0.2, 0.25) is 0 Å². The van der Waals surface area contributed by atoms with Crippen LogP contribution in [0.3, 0.4) is 0 Å². The van der Waals surface area contributed by atoms with Crippen LogP contribution in [-0.4, -0.2) is 22.7 Å². The van der Waals surface area contributed by atoms with Gasteiger partial charge in [0, 0.05) is 18.4 Å². The number of β-amino-alcohol motifs (C(OH)–C–C–N with tert-alkyl or cyclic N) is 1. The van der Waals surface area contributed by atoms with Gasteiger partial charge in [-0.3, -0.25) is 0 Å². The average Bonchev–Trinajstić information content (AvgIpc) is 2.89. The lowest BCUT2D eigenvalue weighted by Crippen LogP contribution is -2.24. The molecule has 1 N–H and O–H groups in total. The highest BCUT2D eigenvalue weighted by Crippen LogP contribution is 2.36. The summed E-state index contributed by atoms with van der Waals surface area (Å²) in [6, 6.07) is 11.8. The molecule has 1 saturated heterocycles. The van der Waals surface area contributed by atoms with Crippen LogP contribution in [0.5, 0.6) is 0 Å². The van der Waals surface area contributed by atoms with Crippen molar-refractivity contribution >= 4 is 5.69 Å². The van der Waals surface area contributed by atoms with Crippen molar-refractivity contribution in [1.29, 1.82) is 5.26 Å². The van der Waals surface area contributed by atoms with E-state index in [1.165, 1.54) is 12.1 Å². The molecule has 0 spiro atoms. The van der Waals surface area contributed by atoms with Crippen molar-refractivity contribution in [3.8, 4) is 6.07 Å². The molecule has 2 atom stereocenters. The Morgan fingerprint density at radius 1 is 1.33 bits per heavy atom. The summed E-state index contributed by atoms with van der Waals surface area (Å²) in [6.07, 6.45) is 1.63. The second-order valence-corrected chi connectivity index (χ2v) is 5.12. The number of pyridine rings is 1. The fourth-order valence-electron chi connectivity index (χ4n) is 2.79. The zero-order chi connectivity index (χ0) is 14.8. The molecule has 1 aromatic heterocycles. The largest absolute Gasteiger partial charge is 0.391 e. The fraction of sp³-hybridized carbons (Fsp3) is 0.250. The van der Waals surface area contributed by atoms with Gasteiger partial charge in [-0.15, -0.1) is 0 Å². The predicted octanol–water partition coefficient (Wildman–Crippen LogP) is 2.40. The molecule has 0 radical (unpaired) electrons. The summed E-state index contributed by atoms with van der Waals surface area (Å²) < 4.78 is 13.4. The fourth-order valence-corrected chi connectivity index (χ4v) is 2.79. The Morgan fingerprint density at radius 2 is 2.19 bits per heavy atom. The molecule has 0 saturated carbocycles. The first kappa shape index (κ1) is 13.5. The molecule has 106 valence electrons. The lowest BCUT2D eigenvalue weighted by atomic mass is 10.0. The zero-order valence-electron chi connectivity index (χ0n) is 11.3. The second kappa shape index (κ2) is 5.51. The molecule has 1 aliphatic rings. The number of hydrogen-bond donors (Lipinski definition) is 1. The van der Waals surface area contributed by atoms with Crippen molar-refractivity contribution in [1.82, 2.24) is 4.98 Å². The van der Waals surface area contributed by atoms with Crippen molar-refractivity contribution in [3.05, 3.63) is 59.7 Å². The van der Waals surface area contributed by atoms with Crippen LogP contribution < -0.4 is 4.90 Å². The van der Waals surface area contributed by atoms with E-state index < -0.39 is 6.10 Å². The Morgan fingerprint density at radius 3 is 2.95 bits per heavy atom. The molecular formula is C16H14FN3O. The normalized spacial score (nSPS) is 21.3. The summed E-state index contributed by atoms with van der Waals surface area (Å²) >= 11 is 0. The van der Waals surface area contributed by atoms with Gasteiger partial charge in [-0.1, -0.05) is 12.1 Å². The zero-order valence-corrected chi connectivity index (χ0v) is 11.3. The number of aliphatic hydroxyl groups excluding tert-OH is 1. The molecule has 1 aromatic carbocycles. The number of benzene rings is 1. The summed E-state index contributed by atoms with van der Waals surface area (Å²) in [5, 5.41) is 18.9. The Hall–Kier alpha value is -2.45. The maximum absolute atomic E-state index is 13.4. The third kappa shape index (κ3) is 2.71. The number of nitriles is 1. The van der Waals surface area contributed by atoms with Crippen molar-refractivity contribution in [2.24, 2.45) is 0 Å². The second-order valence-electron chi connectivity index (χ2n) is 5.12. The quantitative estimate of drug-likeness (QED) is 0.919. The Labute approximate surface area is 122 Å². The lowest BCUT2D eigenvalue weighted by Gasteiger charge is -2.26. The molecule has 0 amide bonds. The average molecular weight is 283 g/mol. The highest BCUT2D eigenvalue weighted by Gasteiger charge is 2.32. The molecule has 1 fully saturated rings. The number of nitrogens with zero attached hydrogens (tertiary/aromatic N) is 3. The third-order valence-electron chi connectivity index (χ3n) is 3.70. The highest BCUT2D eigenvalue weighted by atomic mass is 19.1. The molecule has 21 heavy (non-hydrogen) atoms. The maximum atomic E-state index is 13.4. The van der Waals surface area contributed by atoms with E-state index in [1.807, 2.05) is 17.0 Å². The number of hydrogen-bond acceptors (Lipinski definition) is 4. The first-order valence-corrected chi connectivity index (χ1v) is 6.73. The molecule has 0 aliphatic carbocycles. The van der Waals surface area contributed by atoms with Gasteiger partial charge in [0.05, 0.1) is 12.1 Å². The van der Waals surface area contributed by atoms with Crippen LogP contribution in [0.15, 0.2) is 42.6 Å². The Balaban J connectivity index is 1.97. The van der Waals surface area contributed by atoms with E-state index in [2.05, 4.69) is 4.98 Å². The summed E-state index contributed by atoms with van der Waals surface area (Å²) in [6.45, 7) is 0.454. The standard InChI is InChI=1S/C16H14FN3O/c17-12-3-1-2-11(6-12)16-8-15(21)10-20(16)14-4-5-19-13(7-14)9-18/h1-7,15-16,21H,8,10H2/t15-,16-/m0/s1. The van der Waals surface area contributed by atoms with Crippen LogP contribution >= 0.6 is 0 Å². The van der Waals surface area contributed by atoms with Gasteiger partial charge in [0.2, 0.25) is 0 Å². The van der Waals surface area contributed by atoms with Gasteiger partial charge < -0.3 is 10.0 Å². The summed E-state index contributed by atoms with van der Waals surface area (Å²) in [7, 11) is 0. The minimum Gasteiger partial charge on any atom is -0.391 e. The van der Waals surface area contributed by atoms with Gasteiger partial charge >= 0.3 is 0 Å². The van der Waals surface area contributed by atoms with Gasteiger partial charge in [0.25, 0.3) is 0 Å². The van der Waals surface area contributed by atoms with Gasteiger partial charge in [-0.25, -0.2) is 9.37 Å². The maximum Gasteiger partial charge on any atom is 0.142 e. The van der Waals surface area contributed by atoms with Gasteiger partial charge in [-0.2, -0.15) is 5.26 Å². The van der Waals surface area contributed by atoms with Crippen molar-refractivity contribution in [2.45, 2.75) is 18.6 Å². The smallest absolute Gasteiger partial charge is 0.142 e. The monoisotopic (exact) mass is 283 g/mol. The number of aromatic nitrogens is 1.